The van der Waals surface area contributed by atoms with Crippen molar-refractivity contribution < 1.29 is 42.4 Å². The molecule has 25 heavy (non-hydrogen) atoms. The normalized spacial score (nSPS) is 31.1. The van der Waals surface area contributed by atoms with Crippen LogP contribution in [0.5, 0.6) is 0 Å². The van der Waals surface area contributed by atoms with Gasteiger partial charge in [0, 0.05) is 0 Å². The van der Waals surface area contributed by atoms with Gasteiger partial charge in [-0.25, -0.2) is 4.28 Å². The van der Waals surface area contributed by atoms with E-state index in [0.717, 1.165) is 23.9 Å². The molecule has 5 N–H and O–H groups in total. The third-order valence-corrected chi connectivity index (χ3v) is 5.46. The van der Waals surface area contributed by atoms with Crippen LogP contribution in [0.3, 0.4) is 0 Å². The molecule has 148 valence electrons. The fraction of sp³-hybridized carbons (Fsp3) is 0.917. The van der Waals surface area contributed by atoms with Gasteiger partial charge < -0.3 is 25.2 Å². The van der Waals surface area contributed by atoms with Crippen molar-refractivity contribution in [2.24, 2.45) is 5.16 Å². The Morgan fingerprint density at radius 1 is 1.20 bits per heavy atom. The van der Waals surface area contributed by atoms with Crippen LogP contribution < -0.4 is 0 Å². The summed E-state index contributed by atoms with van der Waals surface area (Å²) in [5.74, 6) is 0.886. The summed E-state index contributed by atoms with van der Waals surface area (Å²) in [5, 5.41) is 42.2. The lowest BCUT2D eigenvalue weighted by atomic mass is 10.0. The van der Waals surface area contributed by atoms with Crippen molar-refractivity contribution >= 4 is 39.0 Å². The Morgan fingerprint density at radius 3 is 2.44 bits per heavy atom. The molecule has 10 nitrogen and oxygen atoms in total. The van der Waals surface area contributed by atoms with Crippen molar-refractivity contribution in [1.82, 2.24) is 0 Å². The molecule has 0 amide bonds. The molecule has 1 heterocycles. The summed E-state index contributed by atoms with van der Waals surface area (Å²) in [6.45, 7) is -0.580. The number of oxime groups is 1. The van der Waals surface area contributed by atoms with Crippen molar-refractivity contribution in [2.75, 3.05) is 18.6 Å². The molecule has 0 saturated carbocycles. The molecule has 0 spiro atoms. The third kappa shape index (κ3) is 7.97. The molecule has 1 fully saturated rings. The van der Waals surface area contributed by atoms with Crippen molar-refractivity contribution in [2.45, 2.75) is 49.1 Å². The van der Waals surface area contributed by atoms with Gasteiger partial charge >= 0.3 is 10.4 Å². The molecule has 1 aliphatic heterocycles. The van der Waals surface area contributed by atoms with Crippen LogP contribution in [-0.4, -0.2) is 86.9 Å². The van der Waals surface area contributed by atoms with Gasteiger partial charge in [0.2, 0.25) is 0 Å². The quantitative estimate of drug-likeness (QED) is 0.104. The van der Waals surface area contributed by atoms with Crippen molar-refractivity contribution in [1.29, 1.82) is 0 Å². The number of rotatable bonds is 9. The van der Waals surface area contributed by atoms with E-state index in [4.69, 9.17) is 9.29 Å². The Bertz CT molecular complexity index is 528. The zero-order valence-corrected chi connectivity index (χ0v) is 15.9. The number of aliphatic hydroxyl groups excluding tert-OH is 4. The first-order valence-corrected chi connectivity index (χ1v) is 11.0. The molecule has 0 radical (unpaired) electrons. The summed E-state index contributed by atoms with van der Waals surface area (Å²) >= 11 is 2.43. The molecular formula is C12H23NO9S3. The fourth-order valence-corrected chi connectivity index (χ4v) is 3.87. The molecule has 0 aromatic rings. The number of hydrogen-bond acceptors (Lipinski definition) is 11. The predicted octanol–water partition coefficient (Wildman–Crippen LogP) is -0.814. The van der Waals surface area contributed by atoms with Gasteiger partial charge in [-0.2, -0.15) is 20.2 Å². The minimum Gasteiger partial charge on any atom is -0.394 e. The minimum atomic E-state index is -4.78. The summed E-state index contributed by atoms with van der Waals surface area (Å²) in [4.78, 5) is 0. The Kier molecular flexibility index (Phi) is 9.98. The maximum absolute atomic E-state index is 10.7. The average molecular weight is 422 g/mol. The second-order valence-electron chi connectivity index (χ2n) is 5.25. The monoisotopic (exact) mass is 421 g/mol. The van der Waals surface area contributed by atoms with Crippen LogP contribution in [0.4, 0.5) is 0 Å². The highest BCUT2D eigenvalue weighted by atomic mass is 32.3. The van der Waals surface area contributed by atoms with E-state index in [1.54, 1.807) is 11.8 Å². The maximum Gasteiger partial charge on any atom is 0.466 e. The van der Waals surface area contributed by atoms with Gasteiger partial charge in [0.15, 0.2) is 0 Å². The highest BCUT2D eigenvalue weighted by Gasteiger charge is 2.44. The van der Waals surface area contributed by atoms with E-state index in [9.17, 15) is 28.8 Å². The maximum atomic E-state index is 10.7. The van der Waals surface area contributed by atoms with Gasteiger partial charge in [0.05, 0.1) is 6.61 Å². The third-order valence-electron chi connectivity index (χ3n) is 3.32. The lowest BCUT2D eigenvalue weighted by Gasteiger charge is -2.39. The summed E-state index contributed by atoms with van der Waals surface area (Å²) in [7, 11) is -4.78. The highest BCUT2D eigenvalue weighted by Crippen LogP contribution is 2.30. The SMILES string of the molecule is CSCCCCC(=NOS(=O)(=O)O)SC1OC(CO)C(O)C(O)C1O. The van der Waals surface area contributed by atoms with Gasteiger partial charge in [-0.3, -0.25) is 4.55 Å². The standard InChI is InChI=1S/C12H23NO9S3/c1-23-5-3-2-4-8(13-22-25(18,19)20)24-12-11(17)10(16)9(15)7(6-14)21-12/h7,9-12,14-17H,2-6H2,1H3,(H,18,19,20). The van der Waals surface area contributed by atoms with Gasteiger partial charge in [-0.1, -0.05) is 16.9 Å². The molecule has 0 aromatic carbocycles. The molecule has 0 bridgehead atoms. The summed E-state index contributed by atoms with van der Waals surface area (Å²) < 4.78 is 39.4. The van der Waals surface area contributed by atoms with Crippen LogP contribution >= 0.6 is 23.5 Å². The molecule has 1 saturated heterocycles. The van der Waals surface area contributed by atoms with Crippen molar-refractivity contribution in [3.63, 3.8) is 0 Å². The smallest absolute Gasteiger partial charge is 0.394 e. The summed E-state index contributed by atoms with van der Waals surface area (Å²) in [6.07, 6.45) is -1.94. The number of ether oxygens (including phenoxy) is 1. The zero-order chi connectivity index (χ0) is 19.0. The lowest BCUT2D eigenvalue weighted by Crippen LogP contribution is -2.57. The largest absolute Gasteiger partial charge is 0.466 e. The lowest BCUT2D eigenvalue weighted by molar-refractivity contribution is -0.205. The van der Waals surface area contributed by atoms with Crippen LogP contribution in [0, 0.1) is 0 Å². The van der Waals surface area contributed by atoms with E-state index in [-0.39, 0.29) is 11.5 Å². The number of aliphatic hydroxyl groups is 4. The van der Waals surface area contributed by atoms with Gasteiger partial charge in [-0.15, -0.1) is 0 Å². The number of hydrogen-bond donors (Lipinski definition) is 5. The molecule has 1 aliphatic rings. The second-order valence-corrected chi connectivity index (χ2v) is 8.41. The molecule has 13 heteroatoms. The Morgan fingerprint density at radius 2 is 1.88 bits per heavy atom. The van der Waals surface area contributed by atoms with Gasteiger partial charge in [-0.05, 0) is 31.3 Å². The van der Waals surface area contributed by atoms with E-state index in [1.165, 1.54) is 0 Å². The van der Waals surface area contributed by atoms with Gasteiger partial charge in [0.25, 0.3) is 0 Å². The van der Waals surface area contributed by atoms with Crippen LogP contribution in [0.15, 0.2) is 5.16 Å². The van der Waals surface area contributed by atoms with Crippen molar-refractivity contribution in [3.8, 4) is 0 Å². The summed E-state index contributed by atoms with van der Waals surface area (Å²) in [6, 6.07) is 0. The Hall–Kier alpha value is -0.120. The zero-order valence-electron chi connectivity index (χ0n) is 13.5. The number of nitrogens with zero attached hydrogens (tertiary/aromatic N) is 1. The molecule has 0 aromatic heterocycles. The fourth-order valence-electron chi connectivity index (χ4n) is 2.04. The Balaban J connectivity index is 2.80. The average Bonchev–Trinajstić information content (AvgIpc) is 2.55. The van der Waals surface area contributed by atoms with Crippen molar-refractivity contribution in [3.05, 3.63) is 0 Å². The van der Waals surface area contributed by atoms with Crippen LogP contribution in [0.2, 0.25) is 0 Å². The van der Waals surface area contributed by atoms with Crippen LogP contribution in [-0.2, 0) is 19.4 Å². The van der Waals surface area contributed by atoms with E-state index in [2.05, 4.69) is 9.44 Å². The topological polar surface area (TPSA) is 166 Å². The van der Waals surface area contributed by atoms with Crippen LogP contribution in [0.1, 0.15) is 19.3 Å². The second kappa shape index (κ2) is 10.9. The molecule has 5 atom stereocenters. The number of thioether (sulfide) groups is 2. The first-order chi connectivity index (χ1) is 11.7. The van der Waals surface area contributed by atoms with E-state index >= 15 is 0 Å². The highest BCUT2D eigenvalue weighted by molar-refractivity contribution is 8.14. The van der Waals surface area contributed by atoms with E-state index in [0.29, 0.717) is 6.42 Å². The first kappa shape index (κ1) is 22.9. The molecule has 0 aliphatic carbocycles. The molecule has 5 unspecified atom stereocenters. The van der Waals surface area contributed by atoms with Gasteiger partial charge in [0.1, 0.15) is 34.9 Å². The van der Waals surface area contributed by atoms with Crippen LogP contribution in [0.25, 0.3) is 0 Å². The minimum absolute atomic E-state index is 0.114. The Labute approximate surface area is 154 Å². The first-order valence-electron chi connectivity index (χ1n) is 7.38. The predicted molar refractivity (Wildman–Crippen MR) is 93.7 cm³/mol. The van der Waals surface area contributed by atoms with E-state index < -0.39 is 46.9 Å². The number of unbranched alkanes of at least 4 members (excludes halogenated alkanes) is 1. The van der Waals surface area contributed by atoms with E-state index in [1.807, 2.05) is 6.26 Å². The molecule has 1 rings (SSSR count). The summed E-state index contributed by atoms with van der Waals surface area (Å²) in [5.41, 5.74) is -1.11. The molecular weight excluding hydrogens is 398 g/mol.